The van der Waals surface area contributed by atoms with E-state index in [2.05, 4.69) is 5.16 Å². The monoisotopic (exact) mass is 300 g/mol. The molecular weight excluding hydrogens is 288 g/mol. The summed E-state index contributed by atoms with van der Waals surface area (Å²) in [6.45, 7) is 0.347. The Morgan fingerprint density at radius 1 is 1.29 bits per heavy atom. The first-order chi connectivity index (χ1) is 10.2. The Morgan fingerprint density at radius 3 is 2.90 bits per heavy atom. The molecule has 4 nitrogen and oxygen atoms in total. The average molecular weight is 301 g/mol. The van der Waals surface area contributed by atoms with Crippen molar-refractivity contribution in [1.29, 1.82) is 0 Å². The molecule has 1 aliphatic rings. The molecule has 0 radical (unpaired) electrons. The van der Waals surface area contributed by atoms with Crippen molar-refractivity contribution in [2.75, 3.05) is 0 Å². The van der Waals surface area contributed by atoms with Crippen LogP contribution in [0.25, 0.3) is 10.9 Å². The van der Waals surface area contributed by atoms with Crippen LogP contribution >= 0.6 is 11.6 Å². The van der Waals surface area contributed by atoms with Crippen LogP contribution in [0.5, 0.6) is 0 Å². The van der Waals surface area contributed by atoms with Gasteiger partial charge in [0.15, 0.2) is 5.76 Å². The molecule has 0 atom stereocenters. The Bertz CT molecular complexity index is 877. The van der Waals surface area contributed by atoms with Crippen molar-refractivity contribution >= 4 is 22.5 Å². The molecule has 1 saturated carbocycles. The van der Waals surface area contributed by atoms with Crippen LogP contribution in [0, 0.1) is 0 Å². The lowest BCUT2D eigenvalue weighted by Gasteiger charge is -2.08. The number of hydrogen-bond donors (Lipinski definition) is 0. The number of aromatic nitrogens is 2. The smallest absolute Gasteiger partial charge is 0.270 e. The topological polar surface area (TPSA) is 48.0 Å². The SMILES string of the molecule is O=c1c(Cl)cc2ccccc2n1Cc1cc(C2CC2)no1. The second kappa shape index (κ2) is 4.74. The molecule has 5 heteroatoms. The molecule has 21 heavy (non-hydrogen) atoms. The molecule has 1 aliphatic carbocycles. The van der Waals surface area contributed by atoms with Crippen molar-refractivity contribution in [2.24, 2.45) is 0 Å². The number of rotatable bonds is 3. The molecule has 0 unspecified atom stereocenters. The van der Waals surface area contributed by atoms with E-state index in [9.17, 15) is 4.79 Å². The maximum Gasteiger partial charge on any atom is 0.270 e. The van der Waals surface area contributed by atoms with E-state index in [1.807, 2.05) is 30.3 Å². The number of pyridine rings is 1. The lowest BCUT2D eigenvalue weighted by molar-refractivity contribution is 0.371. The van der Waals surface area contributed by atoms with Crippen LogP contribution in [-0.4, -0.2) is 9.72 Å². The average Bonchev–Trinajstić information content (AvgIpc) is 3.24. The van der Waals surface area contributed by atoms with Gasteiger partial charge in [0.2, 0.25) is 0 Å². The van der Waals surface area contributed by atoms with Crippen LogP contribution in [0.4, 0.5) is 0 Å². The third-order valence-corrected chi connectivity index (χ3v) is 4.12. The van der Waals surface area contributed by atoms with Gasteiger partial charge < -0.3 is 4.52 Å². The fourth-order valence-electron chi connectivity index (χ4n) is 2.58. The second-order valence-electron chi connectivity index (χ2n) is 5.43. The largest absolute Gasteiger partial charge is 0.359 e. The summed E-state index contributed by atoms with van der Waals surface area (Å²) >= 11 is 6.05. The number of hydrogen-bond acceptors (Lipinski definition) is 3. The van der Waals surface area contributed by atoms with E-state index in [0.29, 0.717) is 18.2 Å². The molecule has 0 aliphatic heterocycles. The normalized spacial score (nSPS) is 14.7. The zero-order valence-electron chi connectivity index (χ0n) is 11.3. The molecule has 0 saturated heterocycles. The van der Waals surface area contributed by atoms with Crippen LogP contribution < -0.4 is 5.56 Å². The molecule has 1 aromatic carbocycles. The molecule has 0 spiro atoms. The van der Waals surface area contributed by atoms with Crippen LogP contribution in [0.2, 0.25) is 5.02 Å². The Hall–Kier alpha value is -2.07. The van der Waals surface area contributed by atoms with E-state index < -0.39 is 0 Å². The van der Waals surface area contributed by atoms with Gasteiger partial charge in [0, 0.05) is 12.0 Å². The van der Waals surface area contributed by atoms with Crippen LogP contribution in [-0.2, 0) is 6.54 Å². The van der Waals surface area contributed by atoms with E-state index in [0.717, 1.165) is 16.6 Å². The third kappa shape index (κ3) is 2.25. The summed E-state index contributed by atoms with van der Waals surface area (Å²) in [5.41, 5.74) is 1.63. The number of halogens is 1. The summed E-state index contributed by atoms with van der Waals surface area (Å²) in [5, 5.41) is 5.24. The van der Waals surface area contributed by atoms with Gasteiger partial charge in [-0.1, -0.05) is 35.0 Å². The van der Waals surface area contributed by atoms with Gasteiger partial charge >= 0.3 is 0 Å². The first-order valence-corrected chi connectivity index (χ1v) is 7.34. The Balaban J connectivity index is 1.80. The minimum atomic E-state index is -0.209. The van der Waals surface area contributed by atoms with E-state index in [4.69, 9.17) is 16.1 Å². The zero-order chi connectivity index (χ0) is 14.4. The highest BCUT2D eigenvalue weighted by molar-refractivity contribution is 6.31. The first kappa shape index (κ1) is 12.7. The van der Waals surface area contributed by atoms with Gasteiger partial charge in [0.25, 0.3) is 5.56 Å². The van der Waals surface area contributed by atoms with Gasteiger partial charge in [0.1, 0.15) is 5.02 Å². The number of para-hydroxylation sites is 1. The van der Waals surface area contributed by atoms with Crippen molar-refractivity contribution in [3.05, 3.63) is 63.2 Å². The van der Waals surface area contributed by atoms with Gasteiger partial charge in [-0.3, -0.25) is 9.36 Å². The summed E-state index contributed by atoms with van der Waals surface area (Å²) in [4.78, 5) is 12.3. The fraction of sp³-hybridized carbons (Fsp3) is 0.250. The van der Waals surface area contributed by atoms with Crippen molar-refractivity contribution < 1.29 is 4.52 Å². The third-order valence-electron chi connectivity index (χ3n) is 3.85. The summed E-state index contributed by atoms with van der Waals surface area (Å²) in [7, 11) is 0. The molecule has 0 amide bonds. The molecule has 3 aromatic rings. The summed E-state index contributed by atoms with van der Waals surface area (Å²) < 4.78 is 6.99. The molecule has 2 aromatic heterocycles. The number of fused-ring (bicyclic) bond motifs is 1. The van der Waals surface area contributed by atoms with Crippen molar-refractivity contribution in [3.63, 3.8) is 0 Å². The lowest BCUT2D eigenvalue weighted by Crippen LogP contribution is -2.21. The van der Waals surface area contributed by atoms with Gasteiger partial charge in [-0.2, -0.15) is 0 Å². The van der Waals surface area contributed by atoms with Crippen LogP contribution in [0.15, 0.2) is 45.7 Å². The van der Waals surface area contributed by atoms with Gasteiger partial charge in [-0.15, -0.1) is 0 Å². The predicted molar refractivity (Wildman–Crippen MR) is 80.8 cm³/mol. The summed E-state index contributed by atoms with van der Waals surface area (Å²) in [5.74, 6) is 1.22. The Morgan fingerprint density at radius 2 is 2.10 bits per heavy atom. The van der Waals surface area contributed by atoms with E-state index >= 15 is 0 Å². The quantitative estimate of drug-likeness (QED) is 0.743. The van der Waals surface area contributed by atoms with Crippen molar-refractivity contribution in [2.45, 2.75) is 25.3 Å². The maximum atomic E-state index is 12.3. The molecule has 0 N–H and O–H groups in total. The second-order valence-corrected chi connectivity index (χ2v) is 5.84. The van der Waals surface area contributed by atoms with Gasteiger partial charge in [-0.05, 0) is 30.4 Å². The molecular formula is C16H13ClN2O2. The highest BCUT2D eigenvalue weighted by Crippen LogP contribution is 2.39. The number of benzene rings is 1. The first-order valence-electron chi connectivity index (χ1n) is 6.96. The molecule has 0 bridgehead atoms. The fourth-order valence-corrected chi connectivity index (χ4v) is 2.80. The minimum Gasteiger partial charge on any atom is -0.359 e. The lowest BCUT2D eigenvalue weighted by atomic mass is 10.2. The molecule has 4 rings (SSSR count). The predicted octanol–water partition coefficient (Wildman–Crippen LogP) is 3.57. The number of nitrogens with zero attached hydrogens (tertiary/aromatic N) is 2. The Kier molecular flexibility index (Phi) is 2.86. The van der Waals surface area contributed by atoms with Crippen molar-refractivity contribution in [1.82, 2.24) is 9.72 Å². The van der Waals surface area contributed by atoms with Crippen LogP contribution in [0.3, 0.4) is 0 Å². The Labute approximate surface area is 125 Å². The van der Waals surface area contributed by atoms with Crippen LogP contribution in [0.1, 0.15) is 30.2 Å². The van der Waals surface area contributed by atoms with E-state index in [1.54, 1.807) is 10.6 Å². The molecule has 106 valence electrons. The summed E-state index contributed by atoms with van der Waals surface area (Å²) in [6.07, 6.45) is 2.35. The summed E-state index contributed by atoms with van der Waals surface area (Å²) in [6, 6.07) is 11.3. The standard InChI is InChI=1S/C16H13ClN2O2/c17-13-7-11-3-1-2-4-15(11)19(16(13)20)9-12-8-14(18-21-12)10-5-6-10/h1-4,7-8,10H,5-6,9H2. The molecule has 2 heterocycles. The van der Waals surface area contributed by atoms with Gasteiger partial charge in [0.05, 0.1) is 17.8 Å². The minimum absolute atomic E-state index is 0.209. The highest BCUT2D eigenvalue weighted by Gasteiger charge is 2.27. The van der Waals surface area contributed by atoms with Gasteiger partial charge in [-0.25, -0.2) is 0 Å². The molecule has 1 fully saturated rings. The van der Waals surface area contributed by atoms with E-state index in [-0.39, 0.29) is 10.6 Å². The zero-order valence-corrected chi connectivity index (χ0v) is 12.0. The highest BCUT2D eigenvalue weighted by atomic mass is 35.5. The van der Waals surface area contributed by atoms with Crippen molar-refractivity contribution in [3.8, 4) is 0 Å². The van der Waals surface area contributed by atoms with E-state index in [1.165, 1.54) is 12.8 Å². The maximum absolute atomic E-state index is 12.3.